The molecule has 220 valence electrons. The molecule has 0 rings (SSSR count). The summed E-state index contributed by atoms with van der Waals surface area (Å²) in [6, 6.07) is -1.28. The zero-order chi connectivity index (χ0) is 28.6. The van der Waals surface area contributed by atoms with Crippen LogP contribution in [0.25, 0.3) is 0 Å². The maximum absolute atomic E-state index is 12.2. The van der Waals surface area contributed by atoms with Gasteiger partial charge in [0.25, 0.3) is 0 Å². The Bertz CT molecular complexity index is 706. The molecule has 0 heterocycles. The fourth-order valence-corrected chi connectivity index (χ4v) is 4.44. The van der Waals surface area contributed by atoms with Crippen molar-refractivity contribution in [3.05, 3.63) is 0 Å². The van der Waals surface area contributed by atoms with Crippen molar-refractivity contribution in [1.82, 2.24) is 16.0 Å². The highest BCUT2D eigenvalue weighted by Gasteiger charge is 2.20. The molecule has 3 atom stereocenters. The highest BCUT2D eigenvalue weighted by atomic mass is 31.0. The van der Waals surface area contributed by atoms with E-state index < -0.39 is 18.0 Å². The molecule has 0 saturated carbocycles. The van der Waals surface area contributed by atoms with Gasteiger partial charge in [0, 0.05) is 25.8 Å². The summed E-state index contributed by atoms with van der Waals surface area (Å²) in [6.07, 6.45) is 12.6. The van der Waals surface area contributed by atoms with Gasteiger partial charge in [-0.1, -0.05) is 67.5 Å². The number of nitrogens with one attached hydrogen (secondary N) is 3. The van der Waals surface area contributed by atoms with Gasteiger partial charge in [-0.2, -0.15) is 0 Å². The molecule has 38 heavy (non-hydrogen) atoms. The van der Waals surface area contributed by atoms with Gasteiger partial charge in [0.2, 0.25) is 11.8 Å². The number of carboxylic acids is 2. The summed E-state index contributed by atoms with van der Waals surface area (Å²) in [6.45, 7) is 3.11. The maximum atomic E-state index is 12.2. The molecule has 0 aliphatic rings. The van der Waals surface area contributed by atoms with Gasteiger partial charge in [-0.3, -0.25) is 19.2 Å². The smallest absolute Gasteiger partial charge is 0.326 e. The van der Waals surface area contributed by atoms with E-state index in [2.05, 4.69) is 25.2 Å². The van der Waals surface area contributed by atoms with E-state index in [1.54, 1.807) is 0 Å². The van der Waals surface area contributed by atoms with E-state index >= 15 is 0 Å². The Morgan fingerprint density at radius 3 is 1.71 bits per heavy atom. The van der Waals surface area contributed by atoms with Crippen LogP contribution in [-0.2, 0) is 24.0 Å². The van der Waals surface area contributed by atoms with Gasteiger partial charge < -0.3 is 26.2 Å². The monoisotopic (exact) mass is 559 g/mol. The van der Waals surface area contributed by atoms with Crippen LogP contribution in [0.3, 0.4) is 0 Å². The Hall–Kier alpha value is -2.06. The molecular formula is C27H50N3O7P. The van der Waals surface area contributed by atoms with Crippen LogP contribution in [0, 0.1) is 0 Å². The summed E-state index contributed by atoms with van der Waals surface area (Å²) in [5.41, 5.74) is 0.0207. The number of amides is 2. The summed E-state index contributed by atoms with van der Waals surface area (Å²) in [4.78, 5) is 57.7. The average molecular weight is 560 g/mol. The number of hydrogen-bond acceptors (Lipinski definition) is 6. The van der Waals surface area contributed by atoms with Crippen LogP contribution in [-0.4, -0.2) is 64.7 Å². The molecule has 1 unspecified atom stereocenters. The zero-order valence-electron chi connectivity index (χ0n) is 23.1. The van der Waals surface area contributed by atoms with E-state index in [0.29, 0.717) is 25.9 Å². The molecule has 0 bridgehead atoms. The third-order valence-electron chi connectivity index (χ3n) is 6.37. The molecule has 0 radical (unpaired) electrons. The largest absolute Gasteiger partial charge is 0.481 e. The minimum atomic E-state index is -1.15. The third kappa shape index (κ3) is 22.0. The van der Waals surface area contributed by atoms with E-state index in [9.17, 15) is 29.1 Å². The topological polar surface area (TPSA) is 162 Å². The zero-order valence-corrected chi connectivity index (χ0v) is 24.3. The lowest BCUT2D eigenvalue weighted by molar-refractivity contribution is -0.142. The lowest BCUT2D eigenvalue weighted by Gasteiger charge is -2.15. The molecule has 2 amide bonds. The Labute approximate surface area is 230 Å². The van der Waals surface area contributed by atoms with Gasteiger partial charge in [0.1, 0.15) is 6.04 Å². The molecule has 0 aromatic carbocycles. The van der Waals surface area contributed by atoms with Gasteiger partial charge in [-0.15, -0.1) is 0 Å². The van der Waals surface area contributed by atoms with Crippen molar-refractivity contribution in [2.75, 3.05) is 13.1 Å². The highest BCUT2D eigenvalue weighted by molar-refractivity contribution is 7.40. The van der Waals surface area contributed by atoms with Gasteiger partial charge in [-0.05, 0) is 45.1 Å². The minimum Gasteiger partial charge on any atom is -0.481 e. The molecule has 0 aromatic rings. The van der Waals surface area contributed by atoms with Crippen molar-refractivity contribution in [2.24, 2.45) is 0 Å². The van der Waals surface area contributed by atoms with Crippen molar-refractivity contribution >= 4 is 38.5 Å². The second-order valence-electron chi connectivity index (χ2n) is 9.78. The minimum absolute atomic E-state index is 0.0148. The van der Waals surface area contributed by atoms with Crippen molar-refractivity contribution < 1.29 is 34.2 Å². The van der Waals surface area contributed by atoms with Crippen molar-refractivity contribution in [3.8, 4) is 0 Å². The first-order valence-electron chi connectivity index (χ1n) is 14.2. The standard InChI is InChI=1S/C27H50N3O7P/c1-2-28-22(27(37)38)15-13-14-20-29-23(31)19-18-21(26(35)36)30-24(32)16-11-9-7-5-3-4-6-8-10-12-17-25(33)34/h21-22,28H,2-20,38H2,1H3,(H,29,31)(H,30,32)(H,33,34)(H,35,36)/t21-,22-/m0/s1. The molecule has 5 N–H and O–H groups in total. The van der Waals surface area contributed by atoms with E-state index in [-0.39, 0.29) is 49.1 Å². The normalized spacial score (nSPS) is 12.5. The predicted octanol–water partition coefficient (Wildman–Crippen LogP) is 3.77. The quantitative estimate of drug-likeness (QED) is 0.0790. The molecule has 10 nitrogen and oxygen atoms in total. The number of carbonyl (C=O) groups excluding carboxylic acids is 3. The Balaban J connectivity index is 3.87. The molecule has 11 heteroatoms. The van der Waals surface area contributed by atoms with Crippen LogP contribution in [0.15, 0.2) is 0 Å². The summed E-state index contributed by atoms with van der Waals surface area (Å²) in [7, 11) is 2.19. The Morgan fingerprint density at radius 1 is 0.658 bits per heavy atom. The molecule has 0 aromatic heterocycles. The molecular weight excluding hydrogens is 509 g/mol. The van der Waals surface area contributed by atoms with Gasteiger partial charge in [0.15, 0.2) is 5.52 Å². The molecule has 0 aliphatic heterocycles. The first-order chi connectivity index (χ1) is 18.2. The second-order valence-corrected chi connectivity index (χ2v) is 10.4. The van der Waals surface area contributed by atoms with E-state index in [4.69, 9.17) is 5.11 Å². The molecule has 0 saturated heterocycles. The van der Waals surface area contributed by atoms with Gasteiger partial charge in [-0.25, -0.2) is 4.79 Å². The number of carboxylic acid groups (broad SMARTS) is 2. The van der Waals surface area contributed by atoms with Crippen molar-refractivity contribution in [3.63, 3.8) is 0 Å². The van der Waals surface area contributed by atoms with E-state index in [1.807, 2.05) is 6.92 Å². The molecule has 0 fully saturated rings. The Morgan fingerprint density at radius 2 is 1.21 bits per heavy atom. The number of aliphatic carboxylic acids is 2. The summed E-state index contributed by atoms with van der Waals surface area (Å²) < 4.78 is 0. The first-order valence-corrected chi connectivity index (χ1v) is 14.8. The first kappa shape index (κ1) is 35.9. The Kier molecular flexibility index (Phi) is 22.7. The predicted molar refractivity (Wildman–Crippen MR) is 151 cm³/mol. The average Bonchev–Trinajstić information content (AvgIpc) is 2.85. The van der Waals surface area contributed by atoms with Crippen LogP contribution < -0.4 is 16.0 Å². The molecule has 0 spiro atoms. The maximum Gasteiger partial charge on any atom is 0.326 e. The highest BCUT2D eigenvalue weighted by Crippen LogP contribution is 2.12. The summed E-state index contributed by atoms with van der Waals surface area (Å²) in [5, 5.41) is 26.4. The second kappa shape index (κ2) is 24.0. The van der Waals surface area contributed by atoms with Gasteiger partial charge in [0.05, 0.1) is 6.04 Å². The summed E-state index contributed by atoms with van der Waals surface area (Å²) in [5.74, 6) is -2.44. The van der Waals surface area contributed by atoms with Crippen LogP contribution in [0.1, 0.15) is 116 Å². The number of likely N-dealkylation sites (N-methyl/N-ethyl adjacent to an activating group) is 1. The lowest BCUT2D eigenvalue weighted by Crippen LogP contribution is -2.41. The van der Waals surface area contributed by atoms with Crippen LogP contribution in [0.5, 0.6) is 0 Å². The SMILES string of the molecule is CCN[C@@H](CCCCNC(=O)CC[C@H](NC(=O)CCCCCCCCCCCCC(=O)O)C(=O)O)C(=O)P. The third-order valence-corrected chi connectivity index (χ3v) is 6.78. The number of hydrogen-bond donors (Lipinski definition) is 5. The summed E-state index contributed by atoms with van der Waals surface area (Å²) >= 11 is 0. The van der Waals surface area contributed by atoms with E-state index in [1.165, 1.54) is 0 Å². The van der Waals surface area contributed by atoms with Gasteiger partial charge >= 0.3 is 11.9 Å². The number of rotatable bonds is 26. The van der Waals surface area contributed by atoms with E-state index in [0.717, 1.165) is 70.6 Å². The van der Waals surface area contributed by atoms with Crippen molar-refractivity contribution in [2.45, 2.75) is 128 Å². The number of carbonyl (C=O) groups is 5. The van der Waals surface area contributed by atoms with Crippen molar-refractivity contribution in [1.29, 1.82) is 0 Å². The van der Waals surface area contributed by atoms with Crippen LogP contribution in [0.2, 0.25) is 0 Å². The fourth-order valence-electron chi connectivity index (χ4n) is 4.16. The van der Waals surface area contributed by atoms with Crippen LogP contribution >= 0.6 is 9.24 Å². The van der Waals surface area contributed by atoms with Crippen LogP contribution in [0.4, 0.5) is 0 Å². The fraction of sp³-hybridized carbons (Fsp3) is 0.815. The molecule has 0 aliphatic carbocycles. The lowest BCUT2D eigenvalue weighted by atomic mass is 10.0. The number of unbranched alkanes of at least 4 members (excludes halogenated alkanes) is 10.